The van der Waals surface area contributed by atoms with E-state index in [0.29, 0.717) is 6.42 Å². The molecule has 1 fully saturated rings. The normalized spacial score (nSPS) is 23.0. The molecule has 9 heteroatoms. The van der Waals surface area contributed by atoms with E-state index in [4.69, 9.17) is 9.47 Å². The van der Waals surface area contributed by atoms with E-state index in [-0.39, 0.29) is 12.5 Å². The second kappa shape index (κ2) is 30.3. The largest absolute Gasteiger partial charge is 0.394 e. The highest BCUT2D eigenvalue weighted by atomic mass is 16.7. The first-order valence-corrected chi connectivity index (χ1v) is 19.2. The summed E-state index contributed by atoms with van der Waals surface area (Å²) in [6.07, 6.45) is 27.6. The minimum atomic E-state index is -1.57. The fraction of sp³-hybridized carbons (Fsp3) is 0.821. The molecule has 280 valence electrons. The first-order valence-electron chi connectivity index (χ1n) is 19.2. The third-order valence-electron chi connectivity index (χ3n) is 8.95. The molecule has 7 unspecified atom stereocenters. The monoisotopic (exact) mass is 682 g/mol. The van der Waals surface area contributed by atoms with E-state index < -0.39 is 49.5 Å². The second-order valence-corrected chi connectivity index (χ2v) is 13.4. The molecule has 7 atom stereocenters. The molecule has 1 heterocycles. The highest BCUT2D eigenvalue weighted by Gasteiger charge is 2.44. The molecule has 0 aromatic heterocycles. The first-order chi connectivity index (χ1) is 23.3. The molecule has 1 rings (SSSR count). The van der Waals surface area contributed by atoms with Crippen LogP contribution in [-0.2, 0) is 14.3 Å². The van der Waals surface area contributed by atoms with Crippen LogP contribution < -0.4 is 5.32 Å². The number of unbranched alkanes of at least 4 members (excludes halogenated alkanes) is 16. The van der Waals surface area contributed by atoms with Crippen LogP contribution in [0.4, 0.5) is 0 Å². The van der Waals surface area contributed by atoms with E-state index in [0.717, 1.165) is 51.4 Å². The van der Waals surface area contributed by atoms with E-state index in [1.54, 1.807) is 6.08 Å². The van der Waals surface area contributed by atoms with Crippen LogP contribution in [0, 0.1) is 0 Å². The summed E-state index contributed by atoms with van der Waals surface area (Å²) in [5.41, 5.74) is 0. The number of amides is 1. The Morgan fingerprint density at radius 1 is 0.688 bits per heavy atom. The zero-order chi connectivity index (χ0) is 35.2. The molecular formula is C39H71NO8. The van der Waals surface area contributed by atoms with Crippen molar-refractivity contribution in [3.63, 3.8) is 0 Å². The summed E-state index contributed by atoms with van der Waals surface area (Å²) >= 11 is 0. The molecule has 1 saturated heterocycles. The van der Waals surface area contributed by atoms with Crippen LogP contribution in [0.3, 0.4) is 0 Å². The number of carbonyl (C=O) groups excluding carboxylic acids is 1. The number of hydrogen-bond acceptors (Lipinski definition) is 8. The molecule has 0 aromatic rings. The van der Waals surface area contributed by atoms with Gasteiger partial charge in [-0.1, -0.05) is 134 Å². The predicted octanol–water partition coefficient (Wildman–Crippen LogP) is 6.55. The molecule has 0 saturated carbocycles. The van der Waals surface area contributed by atoms with Gasteiger partial charge in [0, 0.05) is 6.42 Å². The average Bonchev–Trinajstić information content (AvgIpc) is 3.08. The number of carbonyl (C=O) groups is 1. The summed E-state index contributed by atoms with van der Waals surface area (Å²) in [5.74, 6) is -0.196. The smallest absolute Gasteiger partial charge is 0.220 e. The lowest BCUT2D eigenvalue weighted by Crippen LogP contribution is -2.60. The van der Waals surface area contributed by atoms with Gasteiger partial charge in [-0.05, 0) is 44.9 Å². The van der Waals surface area contributed by atoms with Crippen molar-refractivity contribution >= 4 is 5.91 Å². The lowest BCUT2D eigenvalue weighted by molar-refractivity contribution is -0.302. The van der Waals surface area contributed by atoms with Crippen LogP contribution in [0.15, 0.2) is 36.5 Å². The topological polar surface area (TPSA) is 149 Å². The van der Waals surface area contributed by atoms with Gasteiger partial charge in [-0.15, -0.1) is 0 Å². The van der Waals surface area contributed by atoms with Crippen LogP contribution in [-0.4, -0.2) is 87.5 Å². The summed E-state index contributed by atoms with van der Waals surface area (Å²) in [7, 11) is 0. The number of aliphatic hydroxyl groups excluding tert-OH is 5. The Labute approximate surface area is 291 Å². The fourth-order valence-corrected chi connectivity index (χ4v) is 5.77. The van der Waals surface area contributed by atoms with Crippen molar-refractivity contribution in [2.24, 2.45) is 0 Å². The summed E-state index contributed by atoms with van der Waals surface area (Å²) in [4.78, 5) is 12.8. The van der Waals surface area contributed by atoms with Gasteiger partial charge in [0.1, 0.15) is 24.4 Å². The Morgan fingerprint density at radius 2 is 1.19 bits per heavy atom. The molecule has 48 heavy (non-hydrogen) atoms. The van der Waals surface area contributed by atoms with E-state index in [2.05, 4.69) is 43.5 Å². The molecule has 0 radical (unpaired) electrons. The van der Waals surface area contributed by atoms with E-state index in [9.17, 15) is 30.3 Å². The number of ether oxygens (including phenoxy) is 2. The molecule has 0 aromatic carbocycles. The maximum atomic E-state index is 12.8. The van der Waals surface area contributed by atoms with Crippen molar-refractivity contribution in [3.05, 3.63) is 36.5 Å². The standard InChI is InChI=1S/C39H71NO8/c1-3-5-7-9-11-13-15-16-17-19-20-22-24-26-28-33(42)32(31-47-39-38(46)37(45)36(44)34(30-41)48-39)40-35(43)29-27-25-23-21-18-14-12-10-8-6-4-2/h13,15,19-20,26,28,32-34,36-39,41-42,44-46H,3-12,14,16-18,21-25,27,29-31H2,1-2H3,(H,40,43)/b15-13+,20-19+,28-26+. The van der Waals surface area contributed by atoms with Crippen molar-refractivity contribution < 1.29 is 39.8 Å². The lowest BCUT2D eigenvalue weighted by Gasteiger charge is -2.40. The quantitative estimate of drug-likeness (QED) is 0.0370. The van der Waals surface area contributed by atoms with Crippen molar-refractivity contribution in [2.45, 2.75) is 192 Å². The fourth-order valence-electron chi connectivity index (χ4n) is 5.77. The van der Waals surface area contributed by atoms with Crippen molar-refractivity contribution in [1.29, 1.82) is 0 Å². The zero-order valence-electron chi connectivity index (χ0n) is 30.2. The van der Waals surface area contributed by atoms with Crippen LogP contribution in [0.25, 0.3) is 0 Å². The Kier molecular flexibility index (Phi) is 28.0. The van der Waals surface area contributed by atoms with Gasteiger partial charge >= 0.3 is 0 Å². The molecule has 0 spiro atoms. The van der Waals surface area contributed by atoms with E-state index in [1.807, 2.05) is 6.08 Å². The highest BCUT2D eigenvalue weighted by Crippen LogP contribution is 2.22. The molecule has 1 aliphatic rings. The van der Waals surface area contributed by atoms with Crippen molar-refractivity contribution in [2.75, 3.05) is 13.2 Å². The van der Waals surface area contributed by atoms with Gasteiger partial charge in [0.05, 0.1) is 25.4 Å². The average molecular weight is 682 g/mol. The summed E-state index contributed by atoms with van der Waals surface area (Å²) in [6, 6.07) is -0.821. The molecule has 1 amide bonds. The maximum Gasteiger partial charge on any atom is 0.220 e. The molecule has 0 bridgehead atoms. The van der Waals surface area contributed by atoms with Gasteiger partial charge in [-0.25, -0.2) is 0 Å². The van der Waals surface area contributed by atoms with E-state index in [1.165, 1.54) is 77.0 Å². The summed E-state index contributed by atoms with van der Waals surface area (Å²) in [6.45, 7) is 3.68. The van der Waals surface area contributed by atoms with Gasteiger partial charge in [-0.3, -0.25) is 4.79 Å². The first kappa shape index (κ1) is 44.4. The van der Waals surface area contributed by atoms with Crippen LogP contribution >= 0.6 is 0 Å². The third-order valence-corrected chi connectivity index (χ3v) is 8.95. The van der Waals surface area contributed by atoms with Gasteiger partial charge in [-0.2, -0.15) is 0 Å². The summed E-state index contributed by atoms with van der Waals surface area (Å²) < 4.78 is 11.1. The maximum absolute atomic E-state index is 12.8. The van der Waals surface area contributed by atoms with Crippen molar-refractivity contribution in [1.82, 2.24) is 5.32 Å². The predicted molar refractivity (Wildman–Crippen MR) is 193 cm³/mol. The Morgan fingerprint density at radius 3 is 1.75 bits per heavy atom. The molecule has 6 N–H and O–H groups in total. The molecular weight excluding hydrogens is 610 g/mol. The highest BCUT2D eigenvalue weighted by molar-refractivity contribution is 5.76. The SMILES string of the molecule is CCCCCC/C=C/CC/C=C/CC/C=C/C(O)C(COC1OC(CO)C(O)C(O)C1O)NC(=O)CCCCCCCCCCCCC. The number of aliphatic hydroxyl groups is 5. The number of nitrogens with one attached hydrogen (secondary N) is 1. The van der Waals surface area contributed by atoms with Crippen LogP contribution in [0.2, 0.25) is 0 Å². The minimum absolute atomic E-state index is 0.196. The number of allylic oxidation sites excluding steroid dienone is 5. The molecule has 1 aliphatic heterocycles. The Bertz CT molecular complexity index is 848. The number of hydrogen-bond donors (Lipinski definition) is 6. The van der Waals surface area contributed by atoms with Gasteiger partial charge < -0.3 is 40.3 Å². The zero-order valence-corrected chi connectivity index (χ0v) is 30.2. The van der Waals surface area contributed by atoms with Gasteiger partial charge in [0.15, 0.2) is 6.29 Å². The molecule has 9 nitrogen and oxygen atoms in total. The van der Waals surface area contributed by atoms with Crippen molar-refractivity contribution in [3.8, 4) is 0 Å². The Hall–Kier alpha value is -1.59. The van der Waals surface area contributed by atoms with Gasteiger partial charge in [0.25, 0.3) is 0 Å². The van der Waals surface area contributed by atoms with E-state index >= 15 is 0 Å². The molecule has 0 aliphatic carbocycles. The number of rotatable bonds is 30. The second-order valence-electron chi connectivity index (χ2n) is 13.4. The minimum Gasteiger partial charge on any atom is -0.394 e. The third kappa shape index (κ3) is 21.5. The van der Waals surface area contributed by atoms with Crippen LogP contribution in [0.5, 0.6) is 0 Å². The summed E-state index contributed by atoms with van der Waals surface area (Å²) in [5, 5.41) is 53.8. The van der Waals surface area contributed by atoms with Crippen LogP contribution in [0.1, 0.15) is 149 Å². The Balaban J connectivity index is 2.51. The van der Waals surface area contributed by atoms with Gasteiger partial charge in [0.2, 0.25) is 5.91 Å². The lowest BCUT2D eigenvalue weighted by atomic mass is 9.99.